The summed E-state index contributed by atoms with van der Waals surface area (Å²) >= 11 is 0. The summed E-state index contributed by atoms with van der Waals surface area (Å²) in [7, 11) is 0. The molecule has 0 aromatic carbocycles. The minimum absolute atomic E-state index is 0.0502. The van der Waals surface area contributed by atoms with Gasteiger partial charge in [-0.15, -0.1) is 0 Å². The van der Waals surface area contributed by atoms with Gasteiger partial charge in [0.05, 0.1) is 12.5 Å². The summed E-state index contributed by atoms with van der Waals surface area (Å²) in [6.07, 6.45) is 2.17. The van der Waals surface area contributed by atoms with Gasteiger partial charge in [0.1, 0.15) is 18.1 Å². The van der Waals surface area contributed by atoms with Crippen molar-refractivity contribution in [2.45, 2.75) is 82.0 Å². The third-order valence-electron chi connectivity index (χ3n) is 5.46. The Morgan fingerprint density at radius 3 is 1.71 bits per heavy atom. The lowest BCUT2D eigenvalue weighted by molar-refractivity contribution is -0.143. The van der Waals surface area contributed by atoms with Crippen molar-refractivity contribution in [2.75, 3.05) is 19.6 Å². The molecule has 0 aromatic rings. The zero-order valence-electron chi connectivity index (χ0n) is 21.6. The number of nitrogens with two attached hydrogens (primary N) is 5. The number of carboxylic acid groups (broad SMARTS) is 2. The van der Waals surface area contributed by atoms with Crippen LogP contribution in [0.5, 0.6) is 0 Å². The molecule has 0 aliphatic rings. The predicted molar refractivity (Wildman–Crippen MR) is 139 cm³/mol. The Morgan fingerprint density at radius 1 is 0.684 bits per heavy atom. The van der Waals surface area contributed by atoms with E-state index in [1.807, 2.05) is 0 Å². The van der Waals surface area contributed by atoms with Crippen molar-refractivity contribution in [3.63, 3.8) is 0 Å². The summed E-state index contributed by atoms with van der Waals surface area (Å²) in [5.41, 5.74) is 27.3. The molecule has 0 spiro atoms. The fraction of sp³-hybridized carbons (Fsp3) is 0.727. The number of amides is 3. The number of nitrogens with one attached hydrogen (secondary N) is 3. The Balaban J connectivity index is 5.45. The standard InChI is InChI=1S/C22H43N9O7/c23-9-3-1-6-13(25)18(34)29-14(7-2-4-10-24)19(35)31-16(12-17(32)33)20(36)30-15(21(37)38)8-5-11-28-22(26)27/h13-16H,1-12,23-25H2,(H,29,34)(H,30,36)(H,31,35)(H,32,33)(H,37,38)(H4,26,27,28). The summed E-state index contributed by atoms with van der Waals surface area (Å²) < 4.78 is 0. The van der Waals surface area contributed by atoms with E-state index in [1.165, 1.54) is 0 Å². The lowest BCUT2D eigenvalue weighted by atomic mass is 10.0. The highest BCUT2D eigenvalue weighted by atomic mass is 16.4. The SMILES string of the molecule is NCCCCC(N)C(=O)NC(CCCCN)C(=O)NC(CC(=O)O)C(=O)NC(CCCN=C(N)N)C(=O)O. The van der Waals surface area contributed by atoms with E-state index >= 15 is 0 Å². The molecule has 0 saturated carbocycles. The number of carboxylic acids is 2. The predicted octanol–water partition coefficient (Wildman–Crippen LogP) is -3.36. The number of carbonyl (C=O) groups excluding carboxylic acids is 3. The van der Waals surface area contributed by atoms with E-state index in [-0.39, 0.29) is 31.8 Å². The fourth-order valence-corrected chi connectivity index (χ4v) is 3.37. The van der Waals surface area contributed by atoms with Crippen LogP contribution in [0.2, 0.25) is 0 Å². The van der Waals surface area contributed by atoms with Gasteiger partial charge in [0.25, 0.3) is 0 Å². The number of rotatable bonds is 21. The van der Waals surface area contributed by atoms with Gasteiger partial charge < -0.3 is 54.8 Å². The Morgan fingerprint density at radius 2 is 1.18 bits per heavy atom. The van der Waals surface area contributed by atoms with Gasteiger partial charge in [0.2, 0.25) is 17.7 Å². The molecule has 0 rings (SSSR count). The first-order chi connectivity index (χ1) is 17.9. The third kappa shape index (κ3) is 15.6. The zero-order chi connectivity index (χ0) is 29.1. The molecule has 16 heteroatoms. The second-order valence-corrected chi connectivity index (χ2v) is 8.74. The van der Waals surface area contributed by atoms with Crippen molar-refractivity contribution in [3.05, 3.63) is 0 Å². The largest absolute Gasteiger partial charge is 0.481 e. The highest BCUT2D eigenvalue weighted by Crippen LogP contribution is 2.06. The maximum absolute atomic E-state index is 13.0. The van der Waals surface area contributed by atoms with Crippen molar-refractivity contribution >= 4 is 35.6 Å². The molecule has 15 N–H and O–H groups in total. The van der Waals surface area contributed by atoms with Crippen LogP contribution in [0.1, 0.15) is 57.8 Å². The number of unbranched alkanes of at least 4 members (excludes halogenated alkanes) is 2. The topological polar surface area (TPSA) is 304 Å². The first kappa shape index (κ1) is 34.5. The number of aliphatic imine (C=N–C) groups is 1. The normalized spacial score (nSPS) is 13.9. The lowest BCUT2D eigenvalue weighted by Gasteiger charge is -2.24. The number of nitrogens with zero attached hydrogens (tertiary/aromatic N) is 1. The van der Waals surface area contributed by atoms with Crippen LogP contribution in [0.25, 0.3) is 0 Å². The summed E-state index contributed by atoms with van der Waals surface area (Å²) in [6.45, 7) is 0.922. The van der Waals surface area contributed by atoms with Crippen LogP contribution >= 0.6 is 0 Å². The number of guanidine groups is 1. The summed E-state index contributed by atoms with van der Waals surface area (Å²) in [5, 5.41) is 25.8. The molecule has 0 aliphatic heterocycles. The Kier molecular flexibility index (Phi) is 17.8. The van der Waals surface area contributed by atoms with Crippen LogP contribution in [-0.2, 0) is 24.0 Å². The van der Waals surface area contributed by atoms with Crippen LogP contribution < -0.4 is 44.6 Å². The maximum Gasteiger partial charge on any atom is 0.326 e. The molecule has 0 fully saturated rings. The van der Waals surface area contributed by atoms with Gasteiger partial charge in [-0.3, -0.25) is 24.2 Å². The van der Waals surface area contributed by atoms with Gasteiger partial charge in [-0.25, -0.2) is 4.79 Å². The average molecular weight is 546 g/mol. The van der Waals surface area contributed by atoms with Crippen LogP contribution in [0.3, 0.4) is 0 Å². The van der Waals surface area contributed by atoms with Gasteiger partial charge in [-0.05, 0) is 58.0 Å². The van der Waals surface area contributed by atoms with E-state index in [0.29, 0.717) is 45.2 Å². The second kappa shape index (κ2) is 19.6. The Hall–Kier alpha value is -3.50. The van der Waals surface area contributed by atoms with Crippen molar-refractivity contribution in [2.24, 2.45) is 33.7 Å². The highest BCUT2D eigenvalue weighted by molar-refractivity contribution is 5.95. The minimum Gasteiger partial charge on any atom is -0.481 e. The summed E-state index contributed by atoms with van der Waals surface area (Å²) in [5.74, 6) is -5.35. The molecule has 0 saturated heterocycles. The Labute approximate surface area is 221 Å². The maximum atomic E-state index is 13.0. The van der Waals surface area contributed by atoms with Crippen molar-refractivity contribution in [3.8, 4) is 0 Å². The van der Waals surface area contributed by atoms with Crippen molar-refractivity contribution in [1.82, 2.24) is 16.0 Å². The second-order valence-electron chi connectivity index (χ2n) is 8.74. The molecule has 4 atom stereocenters. The fourth-order valence-electron chi connectivity index (χ4n) is 3.37. The molecule has 218 valence electrons. The molecule has 3 amide bonds. The monoisotopic (exact) mass is 545 g/mol. The van der Waals surface area contributed by atoms with Gasteiger partial charge in [-0.1, -0.05) is 6.42 Å². The van der Waals surface area contributed by atoms with Gasteiger partial charge in [-0.2, -0.15) is 0 Å². The highest BCUT2D eigenvalue weighted by Gasteiger charge is 2.31. The zero-order valence-corrected chi connectivity index (χ0v) is 21.6. The summed E-state index contributed by atoms with van der Waals surface area (Å²) in [4.78, 5) is 65.0. The molecule has 0 bridgehead atoms. The van der Waals surface area contributed by atoms with E-state index < -0.39 is 60.2 Å². The van der Waals surface area contributed by atoms with Gasteiger partial charge in [0.15, 0.2) is 5.96 Å². The summed E-state index contributed by atoms with van der Waals surface area (Å²) in [6, 6.07) is -4.99. The van der Waals surface area contributed by atoms with E-state index in [2.05, 4.69) is 20.9 Å². The Bertz CT molecular complexity index is 806. The molecule has 4 unspecified atom stereocenters. The molecule has 16 nitrogen and oxygen atoms in total. The third-order valence-corrected chi connectivity index (χ3v) is 5.46. The van der Waals surface area contributed by atoms with E-state index in [0.717, 1.165) is 0 Å². The van der Waals surface area contributed by atoms with Crippen molar-refractivity contribution < 1.29 is 34.2 Å². The van der Waals surface area contributed by atoms with Gasteiger partial charge >= 0.3 is 11.9 Å². The first-order valence-corrected chi connectivity index (χ1v) is 12.5. The first-order valence-electron chi connectivity index (χ1n) is 12.5. The van der Waals surface area contributed by atoms with Gasteiger partial charge in [0, 0.05) is 6.54 Å². The lowest BCUT2D eigenvalue weighted by Crippen LogP contribution is -2.57. The number of carbonyl (C=O) groups is 5. The van der Waals surface area contributed by atoms with Crippen molar-refractivity contribution in [1.29, 1.82) is 0 Å². The molecule has 0 heterocycles. The number of hydrogen-bond acceptors (Lipinski definition) is 9. The average Bonchev–Trinajstić information content (AvgIpc) is 2.84. The number of hydrogen-bond donors (Lipinski definition) is 10. The van der Waals surface area contributed by atoms with E-state index in [1.54, 1.807) is 0 Å². The molecular weight excluding hydrogens is 502 g/mol. The van der Waals surface area contributed by atoms with Crippen LogP contribution in [0.15, 0.2) is 4.99 Å². The van der Waals surface area contributed by atoms with E-state index in [4.69, 9.17) is 28.7 Å². The smallest absolute Gasteiger partial charge is 0.326 e. The molecule has 0 radical (unpaired) electrons. The number of aliphatic carboxylic acids is 2. The van der Waals surface area contributed by atoms with Crippen LogP contribution in [0.4, 0.5) is 0 Å². The minimum atomic E-state index is -1.60. The molecular formula is C22H43N9O7. The molecule has 0 aromatic heterocycles. The quantitative estimate of drug-likeness (QED) is 0.0384. The van der Waals surface area contributed by atoms with Crippen LogP contribution in [0, 0.1) is 0 Å². The molecule has 0 aliphatic carbocycles. The van der Waals surface area contributed by atoms with E-state index in [9.17, 15) is 34.2 Å². The molecule has 38 heavy (non-hydrogen) atoms. The van der Waals surface area contributed by atoms with Crippen LogP contribution in [-0.4, -0.2) is 89.6 Å².